The topological polar surface area (TPSA) is 24.5 Å². The highest BCUT2D eigenvalue weighted by molar-refractivity contribution is 5.53. The second-order valence-corrected chi connectivity index (χ2v) is 3.54. The molecule has 1 rings (SSSR count). The van der Waals surface area contributed by atoms with Crippen molar-refractivity contribution < 1.29 is 4.84 Å². The number of benzene rings is 1. The SMILES string of the molecule is CONCc1ccc(C)c(N(C)C)c1. The summed E-state index contributed by atoms with van der Waals surface area (Å²) in [4.78, 5) is 6.93. The lowest BCUT2D eigenvalue weighted by Crippen LogP contribution is -2.13. The Hall–Kier alpha value is -1.06. The maximum Gasteiger partial charge on any atom is 0.0572 e. The van der Waals surface area contributed by atoms with Gasteiger partial charge in [0, 0.05) is 26.3 Å². The first-order valence-corrected chi connectivity index (χ1v) is 4.68. The molecule has 3 nitrogen and oxygen atoms in total. The molecule has 0 spiro atoms. The summed E-state index contributed by atoms with van der Waals surface area (Å²) in [7, 11) is 5.73. The summed E-state index contributed by atoms with van der Waals surface area (Å²) in [5.74, 6) is 0. The minimum Gasteiger partial charge on any atom is -0.377 e. The molecular formula is C11H18N2O. The van der Waals surface area contributed by atoms with Crippen molar-refractivity contribution in [2.45, 2.75) is 13.5 Å². The monoisotopic (exact) mass is 194 g/mol. The average molecular weight is 194 g/mol. The van der Waals surface area contributed by atoms with E-state index in [0.29, 0.717) is 0 Å². The Morgan fingerprint density at radius 3 is 2.64 bits per heavy atom. The number of nitrogens with zero attached hydrogens (tertiary/aromatic N) is 1. The van der Waals surface area contributed by atoms with Gasteiger partial charge in [0.05, 0.1) is 7.11 Å². The van der Waals surface area contributed by atoms with E-state index in [1.54, 1.807) is 7.11 Å². The molecular weight excluding hydrogens is 176 g/mol. The molecule has 0 unspecified atom stereocenters. The van der Waals surface area contributed by atoms with Crippen LogP contribution in [0.5, 0.6) is 0 Å². The van der Waals surface area contributed by atoms with Crippen LogP contribution in [0.2, 0.25) is 0 Å². The van der Waals surface area contributed by atoms with Crippen LogP contribution >= 0.6 is 0 Å². The standard InChI is InChI=1S/C11H18N2O/c1-9-5-6-10(8-12-14-4)7-11(9)13(2)3/h5-7,12H,8H2,1-4H3. The van der Waals surface area contributed by atoms with Gasteiger partial charge in [-0.1, -0.05) is 12.1 Å². The summed E-state index contributed by atoms with van der Waals surface area (Å²) >= 11 is 0. The van der Waals surface area contributed by atoms with Crippen molar-refractivity contribution in [3.63, 3.8) is 0 Å². The predicted octanol–water partition coefficient (Wildman–Crippen LogP) is 1.71. The molecule has 1 aromatic rings. The Kier molecular flexibility index (Phi) is 3.92. The number of hydrogen-bond acceptors (Lipinski definition) is 3. The molecule has 0 saturated carbocycles. The molecule has 0 aromatic heterocycles. The lowest BCUT2D eigenvalue weighted by molar-refractivity contribution is 0.0867. The van der Waals surface area contributed by atoms with E-state index in [4.69, 9.17) is 4.84 Å². The van der Waals surface area contributed by atoms with Gasteiger partial charge in [0.15, 0.2) is 0 Å². The highest BCUT2D eigenvalue weighted by atomic mass is 16.6. The fourth-order valence-corrected chi connectivity index (χ4v) is 1.40. The summed E-state index contributed by atoms with van der Waals surface area (Å²) in [5, 5.41) is 0. The van der Waals surface area contributed by atoms with Crippen LogP contribution in [0, 0.1) is 6.92 Å². The van der Waals surface area contributed by atoms with Crippen molar-refractivity contribution in [3.8, 4) is 0 Å². The smallest absolute Gasteiger partial charge is 0.0572 e. The minimum absolute atomic E-state index is 0.734. The molecule has 0 bridgehead atoms. The van der Waals surface area contributed by atoms with Gasteiger partial charge in [-0.2, -0.15) is 5.48 Å². The van der Waals surface area contributed by atoms with E-state index in [1.807, 2.05) is 0 Å². The van der Waals surface area contributed by atoms with E-state index < -0.39 is 0 Å². The summed E-state index contributed by atoms with van der Waals surface area (Å²) in [5.41, 5.74) is 6.59. The number of rotatable bonds is 4. The summed E-state index contributed by atoms with van der Waals surface area (Å²) in [6.45, 7) is 2.85. The van der Waals surface area contributed by atoms with Gasteiger partial charge in [-0.25, -0.2) is 0 Å². The van der Waals surface area contributed by atoms with Crippen LogP contribution in [-0.2, 0) is 11.4 Å². The van der Waals surface area contributed by atoms with Crippen LogP contribution in [-0.4, -0.2) is 21.2 Å². The van der Waals surface area contributed by atoms with Gasteiger partial charge in [-0.3, -0.25) is 0 Å². The summed E-state index contributed by atoms with van der Waals surface area (Å²) < 4.78 is 0. The zero-order chi connectivity index (χ0) is 10.6. The molecule has 1 aromatic carbocycles. The van der Waals surface area contributed by atoms with Gasteiger partial charge >= 0.3 is 0 Å². The molecule has 78 valence electrons. The van der Waals surface area contributed by atoms with Gasteiger partial charge in [-0.05, 0) is 24.1 Å². The lowest BCUT2D eigenvalue weighted by Gasteiger charge is -2.16. The molecule has 0 heterocycles. The lowest BCUT2D eigenvalue weighted by atomic mass is 10.1. The molecule has 0 fully saturated rings. The zero-order valence-corrected chi connectivity index (χ0v) is 9.29. The normalized spacial score (nSPS) is 10.3. The van der Waals surface area contributed by atoms with E-state index in [1.165, 1.54) is 16.8 Å². The molecule has 0 aliphatic heterocycles. The Morgan fingerprint density at radius 2 is 2.07 bits per heavy atom. The molecule has 0 amide bonds. The third-order valence-corrected chi connectivity index (χ3v) is 2.18. The van der Waals surface area contributed by atoms with Gasteiger partial charge in [0.25, 0.3) is 0 Å². The quantitative estimate of drug-likeness (QED) is 0.738. The molecule has 0 saturated heterocycles. The number of hydroxylamine groups is 1. The van der Waals surface area contributed by atoms with E-state index in [9.17, 15) is 0 Å². The van der Waals surface area contributed by atoms with Crippen molar-refractivity contribution in [2.75, 3.05) is 26.1 Å². The first-order chi connectivity index (χ1) is 6.65. The van der Waals surface area contributed by atoms with Crippen LogP contribution in [0.1, 0.15) is 11.1 Å². The molecule has 0 aliphatic carbocycles. The fraction of sp³-hybridized carbons (Fsp3) is 0.455. The first kappa shape index (κ1) is 11.0. The van der Waals surface area contributed by atoms with E-state index in [0.717, 1.165) is 6.54 Å². The fourth-order valence-electron chi connectivity index (χ4n) is 1.40. The van der Waals surface area contributed by atoms with Crippen LogP contribution in [0.25, 0.3) is 0 Å². The van der Waals surface area contributed by atoms with Gasteiger partial charge in [0.2, 0.25) is 0 Å². The number of anilines is 1. The van der Waals surface area contributed by atoms with Crippen molar-refractivity contribution >= 4 is 5.69 Å². The summed E-state index contributed by atoms with van der Waals surface area (Å²) in [6.07, 6.45) is 0. The Bertz CT molecular complexity index is 297. The molecule has 0 atom stereocenters. The van der Waals surface area contributed by atoms with Crippen LogP contribution < -0.4 is 10.4 Å². The predicted molar refractivity (Wildman–Crippen MR) is 59.4 cm³/mol. The van der Waals surface area contributed by atoms with Crippen LogP contribution in [0.3, 0.4) is 0 Å². The largest absolute Gasteiger partial charge is 0.377 e. The van der Waals surface area contributed by atoms with Crippen LogP contribution in [0.4, 0.5) is 5.69 Å². The summed E-state index contributed by atoms with van der Waals surface area (Å²) in [6, 6.07) is 6.40. The van der Waals surface area contributed by atoms with E-state index in [-0.39, 0.29) is 0 Å². The maximum atomic E-state index is 4.81. The number of nitrogens with one attached hydrogen (secondary N) is 1. The highest BCUT2D eigenvalue weighted by Gasteiger charge is 2.01. The molecule has 14 heavy (non-hydrogen) atoms. The average Bonchev–Trinajstić information content (AvgIpc) is 2.16. The molecule has 0 radical (unpaired) electrons. The zero-order valence-electron chi connectivity index (χ0n) is 9.29. The third-order valence-electron chi connectivity index (χ3n) is 2.18. The van der Waals surface area contributed by atoms with E-state index in [2.05, 4.69) is 49.6 Å². The Labute approximate surface area is 85.6 Å². The van der Waals surface area contributed by atoms with Crippen molar-refractivity contribution in [1.29, 1.82) is 0 Å². The Balaban J connectivity index is 2.83. The molecule has 1 N–H and O–H groups in total. The van der Waals surface area contributed by atoms with Crippen molar-refractivity contribution in [1.82, 2.24) is 5.48 Å². The molecule has 3 heteroatoms. The molecule has 0 aliphatic rings. The van der Waals surface area contributed by atoms with Gasteiger partial charge < -0.3 is 9.74 Å². The highest BCUT2D eigenvalue weighted by Crippen LogP contribution is 2.19. The Morgan fingerprint density at radius 1 is 1.36 bits per heavy atom. The van der Waals surface area contributed by atoms with E-state index >= 15 is 0 Å². The number of hydrogen-bond donors (Lipinski definition) is 1. The van der Waals surface area contributed by atoms with Crippen molar-refractivity contribution in [2.24, 2.45) is 0 Å². The van der Waals surface area contributed by atoms with Gasteiger partial charge in [0.1, 0.15) is 0 Å². The second-order valence-electron chi connectivity index (χ2n) is 3.54. The number of aryl methyl sites for hydroxylation is 1. The minimum atomic E-state index is 0.734. The first-order valence-electron chi connectivity index (χ1n) is 4.68. The second kappa shape index (κ2) is 4.98. The van der Waals surface area contributed by atoms with Crippen molar-refractivity contribution in [3.05, 3.63) is 29.3 Å². The maximum absolute atomic E-state index is 4.81. The van der Waals surface area contributed by atoms with Gasteiger partial charge in [-0.15, -0.1) is 0 Å². The third kappa shape index (κ3) is 2.72. The van der Waals surface area contributed by atoms with Crippen LogP contribution in [0.15, 0.2) is 18.2 Å².